The number of anilines is 1. The molecule has 0 spiro atoms. The fourth-order valence-electron chi connectivity index (χ4n) is 1.64. The molecule has 5 heteroatoms. The predicted octanol–water partition coefficient (Wildman–Crippen LogP) is 4.86. The molecule has 2 aromatic carbocycles. The van der Waals surface area contributed by atoms with Crippen LogP contribution >= 0.6 is 27.5 Å². The molecule has 0 fully saturated rings. The molecule has 1 N–H and O–H groups in total. The van der Waals surface area contributed by atoms with Crippen molar-refractivity contribution in [3.63, 3.8) is 0 Å². The maximum absolute atomic E-state index is 13.6. The molecule has 0 aliphatic heterocycles. The van der Waals surface area contributed by atoms with Crippen LogP contribution in [-0.2, 0) is 6.54 Å². The van der Waals surface area contributed by atoms with Crippen LogP contribution in [0.25, 0.3) is 0 Å². The Hall–Kier alpha value is -1.26. The molecular formula is C14H12BrClFNO. The lowest BCUT2D eigenvalue weighted by atomic mass is 10.2. The summed E-state index contributed by atoms with van der Waals surface area (Å²) >= 11 is 9.28. The molecular weight excluding hydrogens is 333 g/mol. The maximum Gasteiger partial charge on any atom is 0.128 e. The number of halogens is 3. The maximum atomic E-state index is 13.6. The van der Waals surface area contributed by atoms with Crippen LogP contribution in [-0.4, -0.2) is 7.11 Å². The van der Waals surface area contributed by atoms with Crippen molar-refractivity contribution in [1.29, 1.82) is 0 Å². The van der Waals surface area contributed by atoms with Crippen molar-refractivity contribution in [3.05, 3.63) is 57.3 Å². The van der Waals surface area contributed by atoms with Gasteiger partial charge < -0.3 is 10.1 Å². The van der Waals surface area contributed by atoms with Gasteiger partial charge >= 0.3 is 0 Å². The molecule has 19 heavy (non-hydrogen) atoms. The Labute approximate surface area is 124 Å². The normalized spacial score (nSPS) is 10.3. The van der Waals surface area contributed by atoms with Gasteiger partial charge in [0.05, 0.1) is 12.8 Å². The van der Waals surface area contributed by atoms with Crippen molar-refractivity contribution in [1.82, 2.24) is 0 Å². The van der Waals surface area contributed by atoms with Crippen molar-refractivity contribution < 1.29 is 9.13 Å². The smallest absolute Gasteiger partial charge is 0.128 e. The van der Waals surface area contributed by atoms with E-state index in [1.54, 1.807) is 13.2 Å². The first-order valence-corrected chi connectivity index (χ1v) is 6.78. The largest absolute Gasteiger partial charge is 0.497 e. The minimum absolute atomic E-state index is 0.282. The van der Waals surface area contributed by atoms with Gasteiger partial charge in [0.1, 0.15) is 11.6 Å². The molecule has 2 rings (SSSR count). The molecule has 2 nitrogen and oxygen atoms in total. The van der Waals surface area contributed by atoms with Crippen molar-refractivity contribution >= 4 is 33.2 Å². The molecule has 0 aromatic heterocycles. The third kappa shape index (κ3) is 3.61. The van der Waals surface area contributed by atoms with Crippen LogP contribution in [0.2, 0.25) is 5.02 Å². The molecule has 0 saturated carbocycles. The van der Waals surface area contributed by atoms with Gasteiger partial charge in [-0.25, -0.2) is 4.39 Å². The number of methoxy groups -OCH3 is 1. The van der Waals surface area contributed by atoms with Gasteiger partial charge in [0.25, 0.3) is 0 Å². The number of nitrogens with one attached hydrogen (secondary N) is 1. The van der Waals surface area contributed by atoms with Gasteiger partial charge in [0.15, 0.2) is 0 Å². The first-order chi connectivity index (χ1) is 9.10. The van der Waals surface area contributed by atoms with Gasteiger partial charge in [-0.05, 0) is 46.3 Å². The van der Waals surface area contributed by atoms with E-state index in [1.165, 1.54) is 12.1 Å². The molecule has 100 valence electrons. The van der Waals surface area contributed by atoms with Gasteiger partial charge in [-0.1, -0.05) is 11.6 Å². The van der Waals surface area contributed by atoms with Crippen LogP contribution in [0, 0.1) is 5.82 Å². The summed E-state index contributed by atoms with van der Waals surface area (Å²) in [6.45, 7) is 0.345. The van der Waals surface area contributed by atoms with Gasteiger partial charge in [0.2, 0.25) is 0 Å². The van der Waals surface area contributed by atoms with E-state index in [9.17, 15) is 4.39 Å². The zero-order chi connectivity index (χ0) is 13.8. The van der Waals surface area contributed by atoms with E-state index in [2.05, 4.69) is 21.2 Å². The highest BCUT2D eigenvalue weighted by atomic mass is 79.9. The topological polar surface area (TPSA) is 21.3 Å². The van der Waals surface area contributed by atoms with E-state index in [4.69, 9.17) is 16.3 Å². The van der Waals surface area contributed by atoms with Crippen LogP contribution < -0.4 is 10.1 Å². The predicted molar refractivity (Wildman–Crippen MR) is 79.4 cm³/mol. The minimum atomic E-state index is -0.282. The Kier molecular flexibility index (Phi) is 4.66. The summed E-state index contributed by atoms with van der Waals surface area (Å²) in [5.74, 6) is 0.452. The first kappa shape index (κ1) is 14.2. The van der Waals surface area contributed by atoms with Crippen LogP contribution in [0.1, 0.15) is 5.56 Å². The average Bonchev–Trinajstić information content (AvgIpc) is 2.41. The SMILES string of the molecule is COc1ccc(Br)c(NCc2cc(Cl)ccc2F)c1. The summed E-state index contributed by atoms with van der Waals surface area (Å²) in [5.41, 5.74) is 1.35. The van der Waals surface area contributed by atoms with Gasteiger partial charge in [0, 0.05) is 27.7 Å². The van der Waals surface area contributed by atoms with Crippen LogP contribution in [0.15, 0.2) is 40.9 Å². The molecule has 0 heterocycles. The van der Waals surface area contributed by atoms with Crippen LogP contribution in [0.4, 0.5) is 10.1 Å². The third-order valence-corrected chi connectivity index (χ3v) is 3.58. The van der Waals surface area contributed by atoms with E-state index in [-0.39, 0.29) is 5.82 Å². The first-order valence-electron chi connectivity index (χ1n) is 5.61. The Bertz CT molecular complexity index is 592. The zero-order valence-electron chi connectivity index (χ0n) is 10.2. The summed E-state index contributed by atoms with van der Waals surface area (Å²) in [6, 6.07) is 10.1. The zero-order valence-corrected chi connectivity index (χ0v) is 12.6. The van der Waals surface area contributed by atoms with E-state index in [1.807, 2.05) is 18.2 Å². The fourth-order valence-corrected chi connectivity index (χ4v) is 2.22. The number of ether oxygens (including phenoxy) is 1. The van der Waals surface area contributed by atoms with Gasteiger partial charge in [-0.15, -0.1) is 0 Å². The molecule has 0 aliphatic rings. The number of rotatable bonds is 4. The minimum Gasteiger partial charge on any atom is -0.497 e. The summed E-state index contributed by atoms with van der Waals surface area (Å²) in [5, 5.41) is 3.66. The Morgan fingerprint density at radius 2 is 2.05 bits per heavy atom. The second-order valence-electron chi connectivity index (χ2n) is 3.94. The Morgan fingerprint density at radius 3 is 2.79 bits per heavy atom. The molecule has 0 unspecified atom stereocenters. The molecule has 2 aromatic rings. The lowest BCUT2D eigenvalue weighted by molar-refractivity contribution is 0.415. The third-order valence-electron chi connectivity index (χ3n) is 2.65. The Balaban J connectivity index is 2.16. The molecule has 0 saturated heterocycles. The fraction of sp³-hybridized carbons (Fsp3) is 0.143. The summed E-state index contributed by atoms with van der Waals surface area (Å²) in [4.78, 5) is 0. The highest BCUT2D eigenvalue weighted by molar-refractivity contribution is 9.10. The van der Waals surface area contributed by atoms with Crippen LogP contribution in [0.5, 0.6) is 5.75 Å². The Morgan fingerprint density at radius 1 is 1.26 bits per heavy atom. The molecule has 0 bridgehead atoms. The van der Waals surface area contributed by atoms with Crippen molar-refractivity contribution in [2.24, 2.45) is 0 Å². The lowest BCUT2D eigenvalue weighted by Gasteiger charge is -2.11. The van der Waals surface area contributed by atoms with Gasteiger partial charge in [-0.2, -0.15) is 0 Å². The standard InChI is InChI=1S/C14H12BrClFNO/c1-19-11-3-4-12(15)14(7-11)18-8-9-6-10(16)2-5-13(9)17/h2-7,18H,8H2,1H3. The second-order valence-corrected chi connectivity index (χ2v) is 5.23. The van der Waals surface area contributed by atoms with E-state index in [0.717, 1.165) is 15.9 Å². The summed E-state index contributed by atoms with van der Waals surface area (Å²) < 4.78 is 19.6. The van der Waals surface area contributed by atoms with Crippen molar-refractivity contribution in [2.45, 2.75) is 6.54 Å². The molecule has 0 aliphatic carbocycles. The molecule has 0 amide bonds. The van der Waals surface area contributed by atoms with Crippen LogP contribution in [0.3, 0.4) is 0 Å². The lowest BCUT2D eigenvalue weighted by Crippen LogP contribution is -2.02. The second kappa shape index (κ2) is 6.26. The van der Waals surface area contributed by atoms with E-state index < -0.39 is 0 Å². The highest BCUT2D eigenvalue weighted by Crippen LogP contribution is 2.28. The number of hydrogen-bond donors (Lipinski definition) is 1. The van der Waals surface area contributed by atoms with Crippen molar-refractivity contribution in [3.8, 4) is 5.75 Å². The average molecular weight is 345 g/mol. The summed E-state index contributed by atoms with van der Waals surface area (Å²) in [6.07, 6.45) is 0. The quantitative estimate of drug-likeness (QED) is 0.855. The van der Waals surface area contributed by atoms with Gasteiger partial charge in [-0.3, -0.25) is 0 Å². The highest BCUT2D eigenvalue weighted by Gasteiger charge is 2.05. The van der Waals surface area contributed by atoms with E-state index in [0.29, 0.717) is 17.1 Å². The van der Waals surface area contributed by atoms with E-state index >= 15 is 0 Å². The van der Waals surface area contributed by atoms with Crippen molar-refractivity contribution in [2.75, 3.05) is 12.4 Å². The molecule has 0 atom stereocenters. The number of hydrogen-bond acceptors (Lipinski definition) is 2. The number of benzene rings is 2. The summed E-state index contributed by atoms with van der Waals surface area (Å²) in [7, 11) is 1.60. The monoisotopic (exact) mass is 343 g/mol. The molecule has 0 radical (unpaired) electrons.